The number of carbonyl (C=O) groups is 4. The van der Waals surface area contributed by atoms with Gasteiger partial charge in [0.15, 0.2) is 11.4 Å². The number of aromatic hydroxyl groups is 2. The molecule has 5 unspecified atom stereocenters. The Labute approximate surface area is 448 Å². The van der Waals surface area contributed by atoms with Crippen molar-refractivity contribution in [1.29, 1.82) is 0 Å². The molecule has 2 saturated heterocycles. The lowest BCUT2D eigenvalue weighted by Crippen LogP contribution is -2.47. The van der Waals surface area contributed by atoms with Crippen LogP contribution >= 0.6 is 0 Å². The molecule has 5 N–H and O–H groups in total. The Kier molecular flexibility index (Phi) is 16.9. The number of ketones is 1. The molecule has 6 aliphatic rings. The van der Waals surface area contributed by atoms with E-state index in [-0.39, 0.29) is 55.4 Å². The number of fused-ring (bicyclic) bond motifs is 13. The van der Waals surface area contributed by atoms with Crippen LogP contribution in [-0.4, -0.2) is 143 Å². The predicted octanol–water partition coefficient (Wildman–Crippen LogP) is 6.00. The van der Waals surface area contributed by atoms with Crippen LogP contribution < -0.4 is 25.7 Å². The summed E-state index contributed by atoms with van der Waals surface area (Å²) in [6, 6.07) is 6.15. The summed E-state index contributed by atoms with van der Waals surface area (Å²) >= 11 is 0. The molecule has 0 aliphatic carbocycles. The van der Waals surface area contributed by atoms with Crippen molar-refractivity contribution >= 4 is 45.7 Å². The van der Waals surface area contributed by atoms with E-state index in [9.17, 15) is 44.0 Å². The number of nitrogens with one attached hydrogen (secondary N) is 1. The zero-order valence-electron chi connectivity index (χ0n) is 45.8. The number of allylic oxidation sites excluding steroid dienone is 2. The van der Waals surface area contributed by atoms with Gasteiger partial charge >= 0.3 is 11.8 Å². The fourth-order valence-corrected chi connectivity index (χ4v) is 11.5. The number of halogens is 1. The first kappa shape index (κ1) is 56.8. The number of carbonyl (C=O) groups excluding carboxylic acids is 4. The van der Waals surface area contributed by atoms with Crippen molar-refractivity contribution in [2.24, 2.45) is 39.6 Å². The van der Waals surface area contributed by atoms with Crippen LogP contribution in [0.5, 0.6) is 17.2 Å². The second kappa shape index (κ2) is 22.9. The molecule has 3 aromatic carbocycles. The van der Waals surface area contributed by atoms with Crippen LogP contribution in [0.25, 0.3) is 10.8 Å². The molecule has 6 aliphatic heterocycles. The van der Waals surface area contributed by atoms with Gasteiger partial charge in [0, 0.05) is 119 Å². The molecule has 3 aromatic rings. The Balaban J connectivity index is 1.14. The minimum Gasteiger partial charge on any atom is -0.507 e. The molecule has 18 nitrogen and oxygen atoms in total. The normalized spacial score (nSPS) is 29.7. The van der Waals surface area contributed by atoms with Gasteiger partial charge in [-0.05, 0) is 56.5 Å². The van der Waals surface area contributed by atoms with Gasteiger partial charge in [-0.1, -0.05) is 59.8 Å². The lowest BCUT2D eigenvalue weighted by Gasteiger charge is -2.38. The van der Waals surface area contributed by atoms with E-state index in [1.165, 1.54) is 45.4 Å². The molecule has 1 spiro atoms. The fraction of sp³-hybridized carbons (Fsp3) is 0.552. The number of esters is 1. The maximum atomic E-state index is 15.0. The van der Waals surface area contributed by atoms with E-state index < -0.39 is 101 Å². The number of aliphatic hydroxyl groups is 2. The van der Waals surface area contributed by atoms with Gasteiger partial charge in [-0.25, -0.2) is 4.39 Å². The molecule has 416 valence electrons. The smallest absolute Gasteiger partial charge is 0.315 e. The van der Waals surface area contributed by atoms with Crippen molar-refractivity contribution in [3.8, 4) is 17.2 Å². The quantitative estimate of drug-likeness (QED) is 0.104. The van der Waals surface area contributed by atoms with Gasteiger partial charge in [-0.3, -0.25) is 29.2 Å². The molecule has 9 rings (SSSR count). The molecular formula is C58H75FN6O12. The van der Waals surface area contributed by atoms with Gasteiger partial charge in [-0.15, -0.1) is 0 Å². The second-order valence-electron chi connectivity index (χ2n) is 22.2. The highest BCUT2D eigenvalue weighted by Gasteiger charge is 2.50. The first-order valence-corrected chi connectivity index (χ1v) is 26.9. The summed E-state index contributed by atoms with van der Waals surface area (Å²) in [5.74, 6) is -8.37. The van der Waals surface area contributed by atoms with Crippen molar-refractivity contribution in [2.75, 3.05) is 63.1 Å². The summed E-state index contributed by atoms with van der Waals surface area (Å²) in [7, 11) is 1.43. The van der Waals surface area contributed by atoms with Gasteiger partial charge < -0.3 is 59.4 Å². The molecule has 9 atom stereocenters. The number of benzene rings is 3. The highest BCUT2D eigenvalue weighted by Crippen LogP contribution is 2.50. The average molecular weight is 1070 g/mol. The Morgan fingerprint density at radius 2 is 1.57 bits per heavy atom. The SMILES string of the molecule is COC1/C=C/OC2(C)Oc3c(C)c(O)c4c(O)c(c5c(c4c3C2=O)=NC2(CCN(CC(C)C)CC2)N=5)NC(=O)/C(C)=C\C=C\C(C)[C@H](O)[C@@H](C)C(O)[C@@H](C)C(OC(=O)CC(=O)N2CCCN(c3ccc(F)cc3)CC2)[C@@H]1C. The van der Waals surface area contributed by atoms with E-state index >= 15 is 0 Å². The second-order valence-corrected chi connectivity index (χ2v) is 22.2. The summed E-state index contributed by atoms with van der Waals surface area (Å²) in [4.78, 5) is 73.1. The number of methoxy groups -OCH3 is 1. The molecule has 0 radical (unpaired) electrons. The summed E-state index contributed by atoms with van der Waals surface area (Å²) in [6.07, 6.45) is 4.21. The highest BCUT2D eigenvalue weighted by molar-refractivity contribution is 6.19. The lowest BCUT2D eigenvalue weighted by molar-refractivity contribution is -0.165. The standard InChI is InChI=1S/C58H75FN6O12/c1-31(2)30-63-24-20-58(21-25-63)61-46-43-44-51(70)37(8)54-45(43)55(72)57(9,77-54)75-28-19-40(74-10)34(5)53(76-42(67)29-41(66)65-23-12-22-64(26-27-65)39-17-15-38(59)16-18-39)36(7)50(69)35(6)49(68)32(3)13-11-14-33(4)56(73)60-48(52(44)71)47(46)62-58/h11,13-19,28,31-32,34-36,40,49-50,53,68-71H,12,20-27,29-30H2,1-10H3,(H,60,73)/b13-11+,28-19+,33-14-/t32?,34-,35-,36-,40?,49+,50?,53?,57?/m1/s1. The number of ether oxygens (including phenoxy) is 4. The van der Waals surface area contributed by atoms with Crippen molar-refractivity contribution in [3.63, 3.8) is 0 Å². The number of amides is 2. The summed E-state index contributed by atoms with van der Waals surface area (Å²) in [5.41, 5.74) is 0.0735. The number of piperidine rings is 1. The molecular weight excluding hydrogens is 992 g/mol. The highest BCUT2D eigenvalue weighted by atomic mass is 19.1. The maximum Gasteiger partial charge on any atom is 0.315 e. The molecule has 0 aromatic heterocycles. The number of anilines is 2. The van der Waals surface area contributed by atoms with Crippen molar-refractivity contribution in [3.05, 3.63) is 88.1 Å². The third kappa shape index (κ3) is 11.5. The van der Waals surface area contributed by atoms with Crippen molar-refractivity contribution in [1.82, 2.24) is 9.80 Å². The molecule has 2 fully saturated rings. The summed E-state index contributed by atoms with van der Waals surface area (Å²) < 4.78 is 38.4. The maximum absolute atomic E-state index is 15.0. The van der Waals surface area contributed by atoms with E-state index in [1.807, 2.05) is 0 Å². The Hall–Kier alpha value is -6.41. The van der Waals surface area contributed by atoms with Gasteiger partial charge in [0.2, 0.25) is 5.91 Å². The van der Waals surface area contributed by atoms with Gasteiger partial charge in [0.1, 0.15) is 40.9 Å². The molecule has 77 heavy (non-hydrogen) atoms. The Bertz CT molecular complexity index is 2990. The van der Waals surface area contributed by atoms with Crippen LogP contribution in [0.3, 0.4) is 0 Å². The summed E-state index contributed by atoms with van der Waals surface area (Å²) in [5, 5.41) is 51.1. The summed E-state index contributed by atoms with van der Waals surface area (Å²) in [6.45, 7) is 19.7. The van der Waals surface area contributed by atoms with Crippen LogP contribution in [0.2, 0.25) is 0 Å². The van der Waals surface area contributed by atoms with E-state index in [0.717, 1.165) is 12.2 Å². The largest absolute Gasteiger partial charge is 0.507 e. The zero-order chi connectivity index (χ0) is 55.8. The number of hydrogen-bond acceptors (Lipinski definition) is 16. The first-order valence-electron chi connectivity index (χ1n) is 26.9. The van der Waals surface area contributed by atoms with Gasteiger partial charge in [0.25, 0.3) is 11.7 Å². The third-order valence-corrected chi connectivity index (χ3v) is 16.2. The Morgan fingerprint density at radius 1 is 0.883 bits per heavy atom. The van der Waals surface area contributed by atoms with Crippen LogP contribution in [-0.2, 0) is 28.6 Å². The average Bonchev–Trinajstić information content (AvgIpc) is 3.94. The number of nitrogens with zero attached hydrogens (tertiary/aromatic N) is 5. The first-order chi connectivity index (χ1) is 36.5. The fourth-order valence-electron chi connectivity index (χ4n) is 11.5. The van der Waals surface area contributed by atoms with Crippen LogP contribution in [0.15, 0.2) is 70.4 Å². The lowest BCUT2D eigenvalue weighted by atomic mass is 9.78. The number of hydrogen-bond donors (Lipinski definition) is 5. The number of phenolic OH excluding ortho intramolecular Hbond substituents is 2. The predicted molar refractivity (Wildman–Crippen MR) is 286 cm³/mol. The van der Waals surface area contributed by atoms with Crippen LogP contribution in [0, 0.1) is 42.3 Å². The number of Topliss-reactive ketones (excluding diaryl/α,β-unsaturated/α-hetero) is 1. The van der Waals surface area contributed by atoms with Gasteiger partial charge in [0.05, 0.1) is 40.9 Å². The molecule has 19 heteroatoms. The molecule has 0 saturated carbocycles. The monoisotopic (exact) mass is 1070 g/mol. The molecule has 2 amide bonds. The van der Waals surface area contributed by atoms with E-state index in [1.54, 1.807) is 69.9 Å². The van der Waals surface area contributed by atoms with Crippen molar-refractivity contribution in [2.45, 2.75) is 124 Å². The number of phenols is 2. The van der Waals surface area contributed by atoms with Crippen LogP contribution in [0.1, 0.15) is 97.0 Å². The van der Waals surface area contributed by atoms with Crippen molar-refractivity contribution < 1.29 is 62.9 Å². The topological polar surface area (TPSA) is 233 Å². The number of rotatable bonds is 7. The molecule has 6 heterocycles. The Morgan fingerprint density at radius 3 is 2.25 bits per heavy atom. The van der Waals surface area contributed by atoms with E-state index in [4.69, 9.17) is 28.9 Å². The number of likely N-dealkylation sites (tertiary alicyclic amines) is 1. The van der Waals surface area contributed by atoms with E-state index in [0.29, 0.717) is 64.4 Å². The minimum atomic E-state index is -2.04. The zero-order valence-corrected chi connectivity index (χ0v) is 45.8. The third-order valence-electron chi connectivity index (χ3n) is 16.2. The molecule has 5 bridgehead atoms. The van der Waals surface area contributed by atoms with Gasteiger partial charge in [-0.2, -0.15) is 0 Å². The minimum absolute atomic E-state index is 0.00339. The van der Waals surface area contributed by atoms with Crippen LogP contribution in [0.4, 0.5) is 15.8 Å². The number of aliphatic hydroxyl groups excluding tert-OH is 2. The van der Waals surface area contributed by atoms with E-state index in [2.05, 4.69) is 29.0 Å².